The van der Waals surface area contributed by atoms with E-state index in [1.807, 2.05) is 0 Å². The molecule has 0 bridgehead atoms. The van der Waals surface area contributed by atoms with Crippen molar-refractivity contribution in [1.82, 2.24) is 25.1 Å². The minimum atomic E-state index is -0.591. The average molecular weight is 327 g/mol. The molecule has 1 amide bonds. The van der Waals surface area contributed by atoms with Crippen LogP contribution in [0.2, 0.25) is 0 Å². The molecule has 0 aliphatic heterocycles. The summed E-state index contributed by atoms with van der Waals surface area (Å²) in [5, 5.41) is 8.72. The topological polar surface area (TPSA) is 92.7 Å². The molecule has 1 aromatic carbocycles. The quantitative estimate of drug-likeness (QED) is 0.752. The molecule has 8 heteroatoms. The molecule has 2 aromatic heterocycles. The maximum Gasteiger partial charge on any atom is 0.272 e. The first-order valence-corrected chi connectivity index (χ1v) is 7.14. The van der Waals surface area contributed by atoms with Gasteiger partial charge in [-0.25, -0.2) is 14.5 Å². The molecule has 0 aliphatic rings. The van der Waals surface area contributed by atoms with Gasteiger partial charge in [-0.3, -0.25) is 9.59 Å². The highest BCUT2D eigenvalue weighted by Gasteiger charge is 2.22. The predicted octanol–water partition coefficient (Wildman–Crippen LogP) is 1.16. The van der Waals surface area contributed by atoms with Crippen molar-refractivity contribution in [1.29, 1.82) is 0 Å². The molecule has 3 rings (SSSR count). The molecule has 1 atom stereocenters. The Hall–Kier alpha value is -3.29. The van der Waals surface area contributed by atoms with Crippen LogP contribution < -0.4 is 10.9 Å². The fourth-order valence-electron chi connectivity index (χ4n) is 2.28. The van der Waals surface area contributed by atoms with Crippen LogP contribution in [0.5, 0.6) is 0 Å². The van der Waals surface area contributed by atoms with Crippen LogP contribution in [0.25, 0.3) is 0 Å². The number of carbonyl (C=O) groups is 1. The zero-order chi connectivity index (χ0) is 17.1. The van der Waals surface area contributed by atoms with Crippen LogP contribution in [-0.4, -0.2) is 25.7 Å². The summed E-state index contributed by atoms with van der Waals surface area (Å²) >= 11 is 0. The van der Waals surface area contributed by atoms with E-state index < -0.39 is 17.5 Å². The number of halogens is 1. The summed E-state index contributed by atoms with van der Waals surface area (Å²) in [6.45, 7) is 0. The Labute approximate surface area is 136 Å². The number of aryl methyl sites for hydroxylation is 1. The summed E-state index contributed by atoms with van der Waals surface area (Å²) in [4.78, 5) is 27.7. The molecule has 0 saturated carbocycles. The number of benzene rings is 1. The number of H-pyrrole nitrogens is 1. The van der Waals surface area contributed by atoms with Crippen LogP contribution in [0.4, 0.5) is 4.39 Å². The normalized spacial score (nSPS) is 11.9. The third-order valence-electron chi connectivity index (χ3n) is 3.51. The smallest absolute Gasteiger partial charge is 0.272 e. The van der Waals surface area contributed by atoms with Gasteiger partial charge >= 0.3 is 0 Å². The van der Waals surface area contributed by atoms with E-state index in [0.717, 1.165) is 0 Å². The largest absolute Gasteiger partial charge is 0.337 e. The second-order valence-electron chi connectivity index (χ2n) is 5.16. The Morgan fingerprint density at radius 1 is 1.25 bits per heavy atom. The predicted molar refractivity (Wildman–Crippen MR) is 83.8 cm³/mol. The van der Waals surface area contributed by atoms with Gasteiger partial charge in [-0.2, -0.15) is 5.10 Å². The second-order valence-corrected chi connectivity index (χ2v) is 5.16. The fourth-order valence-corrected chi connectivity index (χ4v) is 2.28. The highest BCUT2D eigenvalue weighted by atomic mass is 19.1. The van der Waals surface area contributed by atoms with E-state index in [9.17, 15) is 14.0 Å². The number of nitrogens with one attached hydrogen (secondary N) is 2. The van der Waals surface area contributed by atoms with Crippen LogP contribution in [0.1, 0.15) is 27.9 Å². The van der Waals surface area contributed by atoms with Gasteiger partial charge in [-0.1, -0.05) is 12.1 Å². The van der Waals surface area contributed by atoms with Crippen molar-refractivity contribution in [3.05, 3.63) is 82.0 Å². The van der Waals surface area contributed by atoms with Crippen molar-refractivity contribution in [2.24, 2.45) is 7.05 Å². The molecule has 2 N–H and O–H groups in total. The van der Waals surface area contributed by atoms with E-state index in [-0.39, 0.29) is 11.5 Å². The molecule has 122 valence electrons. The minimum Gasteiger partial charge on any atom is -0.337 e. The van der Waals surface area contributed by atoms with Crippen LogP contribution in [-0.2, 0) is 7.05 Å². The molecule has 7 nitrogen and oxygen atoms in total. The molecule has 3 aromatic rings. The Kier molecular flexibility index (Phi) is 4.19. The third-order valence-corrected chi connectivity index (χ3v) is 3.51. The number of nitrogens with zero attached hydrogens (tertiary/aromatic N) is 3. The van der Waals surface area contributed by atoms with Gasteiger partial charge in [0.25, 0.3) is 11.5 Å². The second kappa shape index (κ2) is 6.45. The average Bonchev–Trinajstić information content (AvgIpc) is 3.00. The van der Waals surface area contributed by atoms with Crippen molar-refractivity contribution < 1.29 is 9.18 Å². The summed E-state index contributed by atoms with van der Waals surface area (Å²) in [6.07, 6.45) is 3.35. The minimum absolute atomic E-state index is 0.0657. The van der Waals surface area contributed by atoms with Crippen molar-refractivity contribution >= 4 is 5.91 Å². The number of aromatic amines is 1. The van der Waals surface area contributed by atoms with Gasteiger partial charge in [0.1, 0.15) is 23.4 Å². The highest BCUT2D eigenvalue weighted by molar-refractivity contribution is 5.92. The molecule has 0 radical (unpaired) electrons. The van der Waals surface area contributed by atoms with Crippen LogP contribution in [0.15, 0.2) is 53.6 Å². The van der Waals surface area contributed by atoms with E-state index in [1.54, 1.807) is 36.1 Å². The van der Waals surface area contributed by atoms with Gasteiger partial charge in [0, 0.05) is 25.5 Å². The molecule has 1 unspecified atom stereocenters. The van der Waals surface area contributed by atoms with Crippen molar-refractivity contribution in [2.45, 2.75) is 6.04 Å². The van der Waals surface area contributed by atoms with Crippen molar-refractivity contribution in [2.75, 3.05) is 0 Å². The number of hydrogen-bond acceptors (Lipinski definition) is 4. The van der Waals surface area contributed by atoms with Gasteiger partial charge in [0.05, 0.1) is 0 Å². The lowest BCUT2D eigenvalue weighted by molar-refractivity contribution is 0.0935. The number of amides is 1. The summed E-state index contributed by atoms with van der Waals surface area (Å²) < 4.78 is 14.9. The molecule has 0 fully saturated rings. The standard InChI is InChI=1S/C16H14FN5O2/c1-22-9-8-18-15(22)14(10-2-4-11(17)5-3-10)19-16(24)12-6-7-13(23)21-20-12/h2-9,14H,1H3,(H,19,24)(H,21,23). The molecule has 24 heavy (non-hydrogen) atoms. The lowest BCUT2D eigenvalue weighted by Gasteiger charge is -2.19. The first kappa shape index (κ1) is 15.6. The Morgan fingerprint density at radius 3 is 2.58 bits per heavy atom. The molecular formula is C16H14FN5O2. The summed E-state index contributed by atoms with van der Waals surface area (Å²) in [6, 6.07) is 7.74. The van der Waals surface area contributed by atoms with Crippen LogP contribution >= 0.6 is 0 Å². The van der Waals surface area contributed by atoms with Gasteiger partial charge in [0.15, 0.2) is 0 Å². The molecular weight excluding hydrogens is 313 g/mol. The van der Waals surface area contributed by atoms with Crippen molar-refractivity contribution in [3.63, 3.8) is 0 Å². The molecule has 2 heterocycles. The number of carbonyl (C=O) groups excluding carboxylic acids is 1. The number of aromatic nitrogens is 4. The van der Waals surface area contributed by atoms with E-state index in [4.69, 9.17) is 0 Å². The first-order chi connectivity index (χ1) is 11.5. The van der Waals surface area contributed by atoms with Crippen LogP contribution in [0, 0.1) is 5.82 Å². The van der Waals surface area contributed by atoms with E-state index in [0.29, 0.717) is 11.4 Å². The SMILES string of the molecule is Cn1ccnc1C(NC(=O)c1ccc(=O)[nH]n1)c1ccc(F)cc1. The van der Waals surface area contributed by atoms with Gasteiger partial charge < -0.3 is 9.88 Å². The lowest BCUT2D eigenvalue weighted by atomic mass is 10.1. The van der Waals surface area contributed by atoms with E-state index >= 15 is 0 Å². The van der Waals surface area contributed by atoms with E-state index in [1.165, 1.54) is 24.3 Å². The summed E-state index contributed by atoms with van der Waals surface area (Å²) in [5.41, 5.74) is 0.338. The summed E-state index contributed by atoms with van der Waals surface area (Å²) in [5.74, 6) is -0.270. The Balaban J connectivity index is 1.94. The number of rotatable bonds is 4. The highest BCUT2D eigenvalue weighted by Crippen LogP contribution is 2.21. The number of hydrogen-bond donors (Lipinski definition) is 2. The summed E-state index contributed by atoms with van der Waals surface area (Å²) in [7, 11) is 1.79. The zero-order valence-electron chi connectivity index (χ0n) is 12.7. The van der Waals surface area contributed by atoms with Gasteiger partial charge in [-0.15, -0.1) is 0 Å². The zero-order valence-corrected chi connectivity index (χ0v) is 12.7. The molecule has 0 aliphatic carbocycles. The van der Waals surface area contributed by atoms with E-state index in [2.05, 4.69) is 20.5 Å². The molecule has 0 spiro atoms. The molecule has 0 saturated heterocycles. The third kappa shape index (κ3) is 3.22. The number of imidazole rings is 1. The maximum atomic E-state index is 13.2. The van der Waals surface area contributed by atoms with Crippen LogP contribution in [0.3, 0.4) is 0 Å². The lowest BCUT2D eigenvalue weighted by Crippen LogP contribution is -2.32. The first-order valence-electron chi connectivity index (χ1n) is 7.14. The Morgan fingerprint density at radius 2 is 2.00 bits per heavy atom. The maximum absolute atomic E-state index is 13.2. The fraction of sp³-hybridized carbons (Fsp3) is 0.125. The van der Waals surface area contributed by atoms with Crippen molar-refractivity contribution in [3.8, 4) is 0 Å². The Bertz CT molecular complexity index is 896. The van der Waals surface area contributed by atoms with Gasteiger partial charge in [0.2, 0.25) is 0 Å². The van der Waals surface area contributed by atoms with Gasteiger partial charge in [-0.05, 0) is 23.8 Å². The monoisotopic (exact) mass is 327 g/mol.